The minimum atomic E-state index is -0.998. The molecule has 0 fully saturated rings. The normalized spacial score (nSPS) is 10.7. The average Bonchev–Trinajstić information content (AvgIpc) is 2.83. The molecule has 0 atom stereocenters. The van der Waals surface area contributed by atoms with E-state index in [0.717, 1.165) is 12.1 Å². The Labute approximate surface area is 154 Å². The van der Waals surface area contributed by atoms with Gasteiger partial charge in [-0.1, -0.05) is 23.2 Å². The number of halogens is 5. The molecule has 3 nitrogen and oxygen atoms in total. The van der Waals surface area contributed by atoms with Crippen molar-refractivity contribution in [3.63, 3.8) is 0 Å². The standard InChI is InChI=1S/C16H6BrCl2F2N3/c17-16-23-15(19)14(24(16)10-4-2-9(18)3-5-10)12-11(20)6-1-8(7-22)13(12)21/h1-6H. The zero-order valence-corrected chi connectivity index (χ0v) is 14.8. The van der Waals surface area contributed by atoms with Crippen LogP contribution < -0.4 is 0 Å². The third kappa shape index (κ3) is 2.80. The first-order chi connectivity index (χ1) is 11.4. The van der Waals surface area contributed by atoms with E-state index in [2.05, 4.69) is 20.9 Å². The lowest BCUT2D eigenvalue weighted by Gasteiger charge is -2.12. The van der Waals surface area contributed by atoms with E-state index in [1.807, 2.05) is 0 Å². The summed E-state index contributed by atoms with van der Waals surface area (Å²) in [6.07, 6.45) is 0. The van der Waals surface area contributed by atoms with Crippen molar-refractivity contribution in [1.29, 1.82) is 5.26 Å². The Balaban J connectivity index is 2.35. The van der Waals surface area contributed by atoms with E-state index >= 15 is 0 Å². The van der Waals surface area contributed by atoms with Crippen molar-refractivity contribution in [2.75, 3.05) is 0 Å². The molecule has 0 spiro atoms. The van der Waals surface area contributed by atoms with Crippen molar-refractivity contribution in [3.8, 4) is 23.0 Å². The van der Waals surface area contributed by atoms with Crippen LogP contribution in [0.15, 0.2) is 41.1 Å². The second-order valence-electron chi connectivity index (χ2n) is 4.73. The molecular weight excluding hydrogens is 423 g/mol. The maximum Gasteiger partial charge on any atom is 0.183 e. The van der Waals surface area contributed by atoms with Crippen molar-refractivity contribution in [1.82, 2.24) is 9.55 Å². The van der Waals surface area contributed by atoms with E-state index in [4.69, 9.17) is 28.5 Å². The third-order valence-corrected chi connectivity index (χ3v) is 4.37. The number of hydrogen-bond donors (Lipinski definition) is 0. The van der Waals surface area contributed by atoms with E-state index in [1.54, 1.807) is 30.3 Å². The average molecular weight is 429 g/mol. The fraction of sp³-hybridized carbons (Fsp3) is 0. The van der Waals surface area contributed by atoms with Crippen molar-refractivity contribution < 1.29 is 8.78 Å². The van der Waals surface area contributed by atoms with Crippen molar-refractivity contribution in [2.24, 2.45) is 0 Å². The quantitative estimate of drug-likeness (QED) is 0.520. The van der Waals surface area contributed by atoms with Gasteiger partial charge in [-0.2, -0.15) is 5.26 Å². The molecule has 1 aromatic heterocycles. The van der Waals surface area contributed by atoms with Crippen molar-refractivity contribution >= 4 is 39.1 Å². The van der Waals surface area contributed by atoms with Crippen molar-refractivity contribution in [3.05, 3.63) is 68.5 Å². The lowest BCUT2D eigenvalue weighted by Crippen LogP contribution is -2.02. The molecule has 0 amide bonds. The highest BCUT2D eigenvalue weighted by atomic mass is 79.9. The highest BCUT2D eigenvalue weighted by Crippen LogP contribution is 2.37. The van der Waals surface area contributed by atoms with Crippen LogP contribution in [0.4, 0.5) is 8.78 Å². The van der Waals surface area contributed by atoms with Crippen LogP contribution in [-0.2, 0) is 0 Å². The molecule has 0 bridgehead atoms. The lowest BCUT2D eigenvalue weighted by molar-refractivity contribution is 0.585. The number of benzene rings is 2. The van der Waals surface area contributed by atoms with Gasteiger partial charge in [0, 0.05) is 10.7 Å². The molecule has 0 aliphatic rings. The number of nitriles is 1. The Bertz CT molecular complexity index is 978. The molecule has 3 aromatic rings. The van der Waals surface area contributed by atoms with Crippen LogP contribution in [0.25, 0.3) is 16.9 Å². The largest absolute Gasteiger partial charge is 0.285 e. The van der Waals surface area contributed by atoms with Crippen LogP contribution in [0, 0.1) is 23.0 Å². The van der Waals surface area contributed by atoms with Gasteiger partial charge in [-0.05, 0) is 52.3 Å². The van der Waals surface area contributed by atoms with Gasteiger partial charge >= 0.3 is 0 Å². The molecule has 0 saturated heterocycles. The summed E-state index contributed by atoms with van der Waals surface area (Å²) in [5.41, 5.74) is -0.172. The smallest absolute Gasteiger partial charge is 0.183 e. The Hall–Kier alpha value is -1.94. The molecular formula is C16H6BrCl2F2N3. The highest BCUT2D eigenvalue weighted by Gasteiger charge is 2.25. The second kappa shape index (κ2) is 6.52. The number of rotatable bonds is 2. The fourth-order valence-electron chi connectivity index (χ4n) is 2.27. The second-order valence-corrected chi connectivity index (χ2v) is 6.23. The summed E-state index contributed by atoms with van der Waals surface area (Å²) in [5, 5.41) is 9.38. The van der Waals surface area contributed by atoms with Gasteiger partial charge in [0.25, 0.3) is 0 Å². The first kappa shape index (κ1) is 16.9. The molecule has 120 valence electrons. The molecule has 0 aliphatic heterocycles. The van der Waals surface area contributed by atoms with Crippen molar-refractivity contribution in [2.45, 2.75) is 0 Å². The third-order valence-electron chi connectivity index (χ3n) is 3.33. The zero-order chi connectivity index (χ0) is 17.4. The molecule has 24 heavy (non-hydrogen) atoms. The molecule has 2 aromatic carbocycles. The zero-order valence-electron chi connectivity index (χ0n) is 11.7. The summed E-state index contributed by atoms with van der Waals surface area (Å²) in [7, 11) is 0. The van der Waals surface area contributed by atoms with Crippen LogP contribution in [0.1, 0.15) is 5.56 Å². The van der Waals surface area contributed by atoms with Crippen LogP contribution in [0.5, 0.6) is 0 Å². The van der Waals surface area contributed by atoms with Crippen LogP contribution in [0.2, 0.25) is 10.2 Å². The van der Waals surface area contributed by atoms with Gasteiger partial charge in [0.2, 0.25) is 0 Å². The Morgan fingerprint density at radius 1 is 1.08 bits per heavy atom. The summed E-state index contributed by atoms with van der Waals surface area (Å²) in [4.78, 5) is 4.02. The van der Waals surface area contributed by atoms with Gasteiger partial charge in [0.05, 0.1) is 16.8 Å². The monoisotopic (exact) mass is 427 g/mol. The van der Waals surface area contributed by atoms with Gasteiger partial charge < -0.3 is 0 Å². The van der Waals surface area contributed by atoms with Gasteiger partial charge in [0.1, 0.15) is 11.9 Å². The highest BCUT2D eigenvalue weighted by molar-refractivity contribution is 9.10. The summed E-state index contributed by atoms with van der Waals surface area (Å²) < 4.78 is 30.6. The Kier molecular flexibility index (Phi) is 4.59. The predicted molar refractivity (Wildman–Crippen MR) is 91.4 cm³/mol. The maximum atomic E-state index is 14.6. The molecule has 0 unspecified atom stereocenters. The van der Waals surface area contributed by atoms with Gasteiger partial charge in [0.15, 0.2) is 15.7 Å². The van der Waals surface area contributed by atoms with Crippen LogP contribution >= 0.6 is 39.1 Å². The number of nitrogens with zero attached hydrogens (tertiary/aromatic N) is 3. The molecule has 1 heterocycles. The summed E-state index contributed by atoms with van der Waals surface area (Å²) in [5.74, 6) is -1.85. The Morgan fingerprint density at radius 3 is 2.38 bits per heavy atom. The molecule has 0 N–H and O–H groups in total. The molecule has 0 radical (unpaired) electrons. The summed E-state index contributed by atoms with van der Waals surface area (Å²) in [6, 6.07) is 10.3. The van der Waals surface area contributed by atoms with Crippen LogP contribution in [0.3, 0.4) is 0 Å². The minimum Gasteiger partial charge on any atom is -0.285 e. The van der Waals surface area contributed by atoms with E-state index in [0.29, 0.717) is 10.7 Å². The SMILES string of the molecule is N#Cc1ccc(F)c(-c2c(Cl)nc(Br)n2-c2ccc(Cl)cc2)c1F. The van der Waals surface area contributed by atoms with E-state index in [-0.39, 0.29) is 21.1 Å². The van der Waals surface area contributed by atoms with Gasteiger partial charge in [-0.25, -0.2) is 13.8 Å². The Morgan fingerprint density at radius 2 is 1.75 bits per heavy atom. The first-order valence-electron chi connectivity index (χ1n) is 6.52. The van der Waals surface area contributed by atoms with E-state index in [1.165, 1.54) is 4.57 Å². The summed E-state index contributed by atoms with van der Waals surface area (Å²) >= 11 is 15.2. The molecule has 0 saturated carbocycles. The molecule has 0 aliphatic carbocycles. The van der Waals surface area contributed by atoms with Gasteiger partial charge in [-0.15, -0.1) is 0 Å². The fourth-order valence-corrected chi connectivity index (χ4v) is 3.31. The summed E-state index contributed by atoms with van der Waals surface area (Å²) in [6.45, 7) is 0. The molecule has 3 rings (SSSR count). The van der Waals surface area contributed by atoms with E-state index < -0.39 is 17.2 Å². The van der Waals surface area contributed by atoms with Crippen LogP contribution in [-0.4, -0.2) is 9.55 Å². The van der Waals surface area contributed by atoms with E-state index in [9.17, 15) is 8.78 Å². The first-order valence-corrected chi connectivity index (χ1v) is 8.07. The van der Waals surface area contributed by atoms with Gasteiger partial charge in [-0.3, -0.25) is 4.57 Å². The number of hydrogen-bond acceptors (Lipinski definition) is 2. The minimum absolute atomic E-state index is 0.00189. The maximum absolute atomic E-state index is 14.6. The predicted octanol–water partition coefficient (Wildman–Crippen LogP) is 5.76. The molecule has 8 heteroatoms. The lowest BCUT2D eigenvalue weighted by atomic mass is 10.1. The number of aromatic nitrogens is 2. The number of imidazole rings is 1. The topological polar surface area (TPSA) is 41.6 Å².